The maximum atomic E-state index is 12.1. The van der Waals surface area contributed by atoms with Crippen LogP contribution in [0.15, 0.2) is 28.7 Å². The van der Waals surface area contributed by atoms with Gasteiger partial charge < -0.3 is 15.5 Å². The number of nitrogens with one attached hydrogen (secondary N) is 1. The molecule has 20 heavy (non-hydrogen) atoms. The fourth-order valence-corrected chi connectivity index (χ4v) is 2.29. The maximum Gasteiger partial charge on any atom is 0.287 e. The van der Waals surface area contributed by atoms with Crippen molar-refractivity contribution in [3.05, 3.63) is 35.6 Å². The molecule has 0 bridgehead atoms. The molecule has 2 aromatic rings. The van der Waals surface area contributed by atoms with E-state index in [0.29, 0.717) is 24.8 Å². The maximum absolute atomic E-state index is 12.1. The summed E-state index contributed by atoms with van der Waals surface area (Å²) in [5, 5.41) is 3.88. The molecule has 108 valence electrons. The predicted molar refractivity (Wildman–Crippen MR) is 80.7 cm³/mol. The minimum Gasteiger partial charge on any atom is -0.451 e. The lowest BCUT2D eigenvalue weighted by Gasteiger charge is -2.13. The minimum atomic E-state index is -0.158. The molecule has 1 atom stereocenters. The molecule has 0 fully saturated rings. The van der Waals surface area contributed by atoms with Crippen LogP contribution in [-0.2, 0) is 0 Å². The largest absolute Gasteiger partial charge is 0.451 e. The second-order valence-corrected chi connectivity index (χ2v) is 5.21. The van der Waals surface area contributed by atoms with Gasteiger partial charge in [0.25, 0.3) is 5.91 Å². The number of furan rings is 1. The molecule has 3 N–H and O–H groups in total. The highest BCUT2D eigenvalue weighted by molar-refractivity contribution is 5.96. The normalized spacial score (nSPS) is 12.6. The second kappa shape index (κ2) is 6.57. The van der Waals surface area contributed by atoms with Crippen LogP contribution in [0.5, 0.6) is 0 Å². The van der Waals surface area contributed by atoms with Crippen LogP contribution < -0.4 is 11.1 Å². The molecule has 0 aliphatic heterocycles. The molecule has 0 aliphatic rings. The van der Waals surface area contributed by atoms with E-state index in [1.54, 1.807) is 6.07 Å². The number of benzene rings is 1. The van der Waals surface area contributed by atoms with Crippen molar-refractivity contribution in [2.45, 2.75) is 26.7 Å². The van der Waals surface area contributed by atoms with E-state index in [1.807, 2.05) is 25.1 Å². The summed E-state index contributed by atoms with van der Waals surface area (Å²) in [6, 6.07) is 7.67. The van der Waals surface area contributed by atoms with Gasteiger partial charge in [-0.25, -0.2) is 0 Å². The highest BCUT2D eigenvalue weighted by Gasteiger charge is 2.14. The molecule has 1 aromatic heterocycles. The first-order valence-corrected chi connectivity index (χ1v) is 7.12. The van der Waals surface area contributed by atoms with Crippen LogP contribution in [0.2, 0.25) is 0 Å². The Balaban J connectivity index is 2.03. The van der Waals surface area contributed by atoms with Gasteiger partial charge in [0.2, 0.25) is 0 Å². The third kappa shape index (κ3) is 3.39. The Bertz CT molecular complexity index is 589. The second-order valence-electron chi connectivity index (χ2n) is 5.21. The van der Waals surface area contributed by atoms with Gasteiger partial charge in [-0.3, -0.25) is 4.79 Å². The summed E-state index contributed by atoms with van der Waals surface area (Å²) >= 11 is 0. The Labute approximate surface area is 119 Å². The zero-order valence-corrected chi connectivity index (χ0v) is 12.1. The summed E-state index contributed by atoms with van der Waals surface area (Å²) in [4.78, 5) is 12.1. The van der Waals surface area contributed by atoms with Crippen LogP contribution >= 0.6 is 0 Å². The van der Waals surface area contributed by atoms with Crippen LogP contribution in [0, 0.1) is 12.8 Å². The molecule has 0 saturated heterocycles. The van der Waals surface area contributed by atoms with Gasteiger partial charge in [0.1, 0.15) is 5.58 Å². The number of hydrogen-bond acceptors (Lipinski definition) is 3. The fourth-order valence-electron chi connectivity index (χ4n) is 2.29. The van der Waals surface area contributed by atoms with Crippen LogP contribution in [0.25, 0.3) is 11.0 Å². The van der Waals surface area contributed by atoms with E-state index in [2.05, 4.69) is 12.2 Å². The Kier molecular flexibility index (Phi) is 4.79. The Hall–Kier alpha value is -1.81. The zero-order chi connectivity index (χ0) is 14.5. The van der Waals surface area contributed by atoms with Crippen molar-refractivity contribution in [1.29, 1.82) is 0 Å². The Morgan fingerprint density at radius 2 is 2.20 bits per heavy atom. The van der Waals surface area contributed by atoms with Crippen LogP contribution in [0.3, 0.4) is 0 Å². The number of carbonyl (C=O) groups excluding carboxylic acids is 1. The van der Waals surface area contributed by atoms with E-state index < -0.39 is 0 Å². The highest BCUT2D eigenvalue weighted by atomic mass is 16.3. The van der Waals surface area contributed by atoms with E-state index in [0.717, 1.165) is 29.4 Å². The van der Waals surface area contributed by atoms with Gasteiger partial charge in [-0.05, 0) is 44.0 Å². The molecule has 2 rings (SSSR count). The third-order valence-electron chi connectivity index (χ3n) is 3.60. The summed E-state index contributed by atoms with van der Waals surface area (Å²) in [6.45, 7) is 5.42. The Morgan fingerprint density at radius 1 is 1.40 bits per heavy atom. The molecule has 0 saturated carbocycles. The SMILES string of the molecule is CCC(CCN)CNC(=O)c1cc2cc(C)ccc2o1. The first-order valence-electron chi connectivity index (χ1n) is 7.12. The van der Waals surface area contributed by atoms with E-state index in [-0.39, 0.29) is 5.91 Å². The molecule has 1 heterocycles. The zero-order valence-electron chi connectivity index (χ0n) is 12.1. The smallest absolute Gasteiger partial charge is 0.287 e. The van der Waals surface area contributed by atoms with Crippen molar-refractivity contribution in [3.8, 4) is 0 Å². The van der Waals surface area contributed by atoms with Crippen molar-refractivity contribution >= 4 is 16.9 Å². The van der Waals surface area contributed by atoms with Gasteiger partial charge in [0, 0.05) is 11.9 Å². The average Bonchev–Trinajstić information content (AvgIpc) is 2.86. The van der Waals surface area contributed by atoms with Crippen LogP contribution in [0.4, 0.5) is 0 Å². The summed E-state index contributed by atoms with van der Waals surface area (Å²) in [5.74, 6) is 0.637. The van der Waals surface area contributed by atoms with Gasteiger partial charge in [-0.1, -0.05) is 25.0 Å². The van der Waals surface area contributed by atoms with Crippen molar-refractivity contribution < 1.29 is 9.21 Å². The van der Waals surface area contributed by atoms with E-state index in [1.165, 1.54) is 0 Å². The summed E-state index contributed by atoms with van der Waals surface area (Å²) in [6.07, 6.45) is 1.94. The number of rotatable bonds is 6. The minimum absolute atomic E-state index is 0.158. The van der Waals surface area contributed by atoms with Gasteiger partial charge >= 0.3 is 0 Å². The number of carbonyl (C=O) groups is 1. The molecule has 0 radical (unpaired) electrons. The molecular weight excluding hydrogens is 252 g/mol. The van der Waals surface area contributed by atoms with Gasteiger partial charge in [0.05, 0.1) is 0 Å². The molecule has 0 aliphatic carbocycles. The number of aryl methyl sites for hydroxylation is 1. The number of hydrogen-bond donors (Lipinski definition) is 2. The summed E-state index contributed by atoms with van der Waals surface area (Å²) < 4.78 is 5.57. The first-order chi connectivity index (χ1) is 9.63. The number of amides is 1. The summed E-state index contributed by atoms with van der Waals surface area (Å²) in [5.41, 5.74) is 7.45. The lowest BCUT2D eigenvalue weighted by Crippen LogP contribution is -2.29. The topological polar surface area (TPSA) is 68.3 Å². The predicted octanol–water partition coefficient (Wildman–Crippen LogP) is 2.85. The van der Waals surface area contributed by atoms with Gasteiger partial charge in [-0.15, -0.1) is 0 Å². The standard InChI is InChI=1S/C16H22N2O2/c1-3-12(6-7-17)10-18-16(19)15-9-13-8-11(2)4-5-14(13)20-15/h4-5,8-9,12H,3,6-7,10,17H2,1-2H3,(H,18,19). The molecule has 4 nitrogen and oxygen atoms in total. The van der Waals surface area contributed by atoms with Crippen molar-refractivity contribution in [1.82, 2.24) is 5.32 Å². The third-order valence-corrected chi connectivity index (χ3v) is 3.60. The van der Waals surface area contributed by atoms with Crippen LogP contribution in [0.1, 0.15) is 35.9 Å². The monoisotopic (exact) mass is 274 g/mol. The molecule has 1 aromatic carbocycles. The lowest BCUT2D eigenvalue weighted by atomic mass is 10.0. The molecule has 0 spiro atoms. The highest BCUT2D eigenvalue weighted by Crippen LogP contribution is 2.20. The molecular formula is C16H22N2O2. The summed E-state index contributed by atoms with van der Waals surface area (Å²) in [7, 11) is 0. The van der Waals surface area contributed by atoms with Gasteiger partial charge in [-0.2, -0.15) is 0 Å². The quantitative estimate of drug-likeness (QED) is 0.851. The molecule has 1 unspecified atom stereocenters. The van der Waals surface area contributed by atoms with Crippen molar-refractivity contribution in [3.63, 3.8) is 0 Å². The van der Waals surface area contributed by atoms with E-state index >= 15 is 0 Å². The Morgan fingerprint density at radius 3 is 2.90 bits per heavy atom. The molecule has 1 amide bonds. The fraction of sp³-hybridized carbons (Fsp3) is 0.438. The van der Waals surface area contributed by atoms with Gasteiger partial charge in [0.15, 0.2) is 5.76 Å². The molecule has 4 heteroatoms. The van der Waals surface area contributed by atoms with Crippen molar-refractivity contribution in [2.75, 3.05) is 13.1 Å². The number of nitrogens with two attached hydrogens (primary N) is 1. The van der Waals surface area contributed by atoms with Crippen molar-refractivity contribution in [2.24, 2.45) is 11.7 Å². The van der Waals surface area contributed by atoms with Crippen LogP contribution in [-0.4, -0.2) is 19.0 Å². The van der Waals surface area contributed by atoms with E-state index in [4.69, 9.17) is 10.2 Å². The first kappa shape index (κ1) is 14.6. The number of fused-ring (bicyclic) bond motifs is 1. The average molecular weight is 274 g/mol. The van der Waals surface area contributed by atoms with E-state index in [9.17, 15) is 4.79 Å². The lowest BCUT2D eigenvalue weighted by molar-refractivity contribution is 0.0920.